The molecule has 1 aromatic rings. The Morgan fingerprint density at radius 1 is 1.05 bits per heavy atom. The van der Waals surface area contributed by atoms with Gasteiger partial charge in [0.15, 0.2) is 18.2 Å². The lowest BCUT2D eigenvalue weighted by molar-refractivity contribution is -0.322. The van der Waals surface area contributed by atoms with Crippen molar-refractivity contribution in [3.8, 4) is 5.75 Å². The van der Waals surface area contributed by atoms with Crippen molar-refractivity contribution in [3.63, 3.8) is 0 Å². The highest BCUT2D eigenvalue weighted by atomic mass is 19.4. The zero-order valence-corrected chi connectivity index (χ0v) is 8.65. The minimum absolute atomic E-state index is 0.159. The van der Waals surface area contributed by atoms with Crippen LogP contribution in [-0.4, -0.2) is 18.9 Å². The van der Waals surface area contributed by atoms with E-state index in [2.05, 4.69) is 9.47 Å². The molecule has 0 N–H and O–H groups in total. The molecule has 0 radical (unpaired) electrons. The Hall–Kier alpha value is -1.84. The van der Waals surface area contributed by atoms with Gasteiger partial charge in [0.1, 0.15) is 0 Å². The van der Waals surface area contributed by atoms with Crippen LogP contribution in [0.15, 0.2) is 6.07 Å². The minimum atomic E-state index is -5.18. The van der Waals surface area contributed by atoms with Crippen molar-refractivity contribution in [2.75, 3.05) is 6.61 Å². The average Bonchev–Trinajstić information content (AvgIpc) is 2.29. The number of carbonyl (C=O) groups excluding carboxylic acids is 1. The van der Waals surface area contributed by atoms with Gasteiger partial charge in [-0.05, 0) is 0 Å². The van der Waals surface area contributed by atoms with E-state index in [1.54, 1.807) is 0 Å². The molecule has 0 aliphatic heterocycles. The first-order valence-corrected chi connectivity index (χ1v) is 4.36. The molecule has 0 aromatic heterocycles. The first kappa shape index (κ1) is 15.2. The Bertz CT molecular complexity index is 471. The largest absolute Gasteiger partial charge is 0.523 e. The highest BCUT2D eigenvalue weighted by molar-refractivity contribution is 5.73. The molecule has 0 spiro atoms. The smallest absolute Gasteiger partial charge is 0.418 e. The third kappa shape index (κ3) is 4.09. The second kappa shape index (κ2) is 5.43. The van der Waals surface area contributed by atoms with Gasteiger partial charge in [-0.1, -0.05) is 0 Å². The van der Waals surface area contributed by atoms with E-state index in [1.807, 2.05) is 0 Å². The van der Waals surface area contributed by atoms with Gasteiger partial charge >= 0.3 is 12.3 Å². The highest BCUT2D eigenvalue weighted by Crippen LogP contribution is 2.26. The lowest BCUT2D eigenvalue weighted by Crippen LogP contribution is -2.23. The van der Waals surface area contributed by atoms with Gasteiger partial charge < -0.3 is 4.74 Å². The molecule has 106 valence electrons. The summed E-state index contributed by atoms with van der Waals surface area (Å²) in [6, 6.07) is -0.159. The number of rotatable bonds is 3. The summed E-state index contributed by atoms with van der Waals surface area (Å²) in [5.74, 6) is -11.5. The SMILES string of the molecule is O=C(COC(F)(F)F)Oc1c(F)c(F)cc(F)c1F. The molecule has 10 heteroatoms. The van der Waals surface area contributed by atoms with Crippen LogP contribution in [0.2, 0.25) is 0 Å². The summed E-state index contributed by atoms with van der Waals surface area (Å²) in [5, 5.41) is 0. The number of esters is 1. The third-order valence-electron chi connectivity index (χ3n) is 1.64. The topological polar surface area (TPSA) is 35.5 Å². The van der Waals surface area contributed by atoms with Crippen LogP contribution in [0.1, 0.15) is 0 Å². The number of halogens is 7. The highest BCUT2D eigenvalue weighted by Gasteiger charge is 2.31. The number of hydrogen-bond donors (Lipinski definition) is 0. The molecule has 0 aliphatic rings. The monoisotopic (exact) mass is 292 g/mol. The van der Waals surface area contributed by atoms with Gasteiger partial charge in [0.25, 0.3) is 0 Å². The van der Waals surface area contributed by atoms with Gasteiger partial charge in [0.2, 0.25) is 17.4 Å². The van der Waals surface area contributed by atoms with Crippen molar-refractivity contribution in [2.24, 2.45) is 0 Å². The van der Waals surface area contributed by atoms with Gasteiger partial charge in [-0.3, -0.25) is 4.74 Å². The maximum absolute atomic E-state index is 13.0. The first-order valence-electron chi connectivity index (χ1n) is 4.36. The molecule has 0 aliphatic carbocycles. The molecular formula is C9H3F7O3. The van der Waals surface area contributed by atoms with Crippen molar-refractivity contribution in [3.05, 3.63) is 29.3 Å². The number of benzene rings is 1. The van der Waals surface area contributed by atoms with Crippen LogP contribution < -0.4 is 4.74 Å². The minimum Gasteiger partial charge on any atom is -0.418 e. The Morgan fingerprint density at radius 3 is 1.95 bits per heavy atom. The number of ether oxygens (including phenoxy) is 2. The second-order valence-corrected chi connectivity index (χ2v) is 3.01. The lowest BCUT2D eigenvalue weighted by atomic mass is 10.3. The zero-order valence-electron chi connectivity index (χ0n) is 8.65. The van der Waals surface area contributed by atoms with Gasteiger partial charge in [-0.2, -0.15) is 8.78 Å². The maximum Gasteiger partial charge on any atom is 0.523 e. The quantitative estimate of drug-likeness (QED) is 0.372. The maximum atomic E-state index is 13.0. The fraction of sp³-hybridized carbons (Fsp3) is 0.222. The summed E-state index contributed by atoms with van der Waals surface area (Å²) >= 11 is 0. The van der Waals surface area contributed by atoms with Crippen LogP contribution in [0.3, 0.4) is 0 Å². The predicted molar refractivity (Wildman–Crippen MR) is 43.9 cm³/mol. The molecule has 0 atom stereocenters. The van der Waals surface area contributed by atoms with E-state index in [0.717, 1.165) is 0 Å². The van der Waals surface area contributed by atoms with E-state index in [9.17, 15) is 35.5 Å². The van der Waals surface area contributed by atoms with Crippen LogP contribution in [-0.2, 0) is 9.53 Å². The van der Waals surface area contributed by atoms with E-state index in [1.165, 1.54) is 0 Å². The van der Waals surface area contributed by atoms with Crippen LogP contribution in [0.25, 0.3) is 0 Å². The fourth-order valence-corrected chi connectivity index (χ4v) is 0.925. The average molecular weight is 292 g/mol. The molecule has 0 fully saturated rings. The van der Waals surface area contributed by atoms with Gasteiger partial charge in [-0.25, -0.2) is 13.6 Å². The molecule has 1 rings (SSSR count). The number of hydrogen-bond acceptors (Lipinski definition) is 3. The Kier molecular flexibility index (Phi) is 4.35. The van der Waals surface area contributed by atoms with E-state index < -0.39 is 48.0 Å². The molecule has 0 unspecified atom stereocenters. The van der Waals surface area contributed by atoms with Gasteiger partial charge in [0, 0.05) is 6.07 Å². The summed E-state index contributed by atoms with van der Waals surface area (Å²) in [4.78, 5) is 10.8. The van der Waals surface area contributed by atoms with E-state index in [0.29, 0.717) is 0 Å². The standard InChI is InChI=1S/C9H3F7O3/c10-3-1-4(11)7(13)8(6(3)12)19-5(17)2-18-9(14,15)16/h1H,2H2. The van der Waals surface area contributed by atoms with Crippen molar-refractivity contribution >= 4 is 5.97 Å². The summed E-state index contributed by atoms with van der Waals surface area (Å²) in [6.07, 6.45) is -5.18. The van der Waals surface area contributed by atoms with Gasteiger partial charge in [0.05, 0.1) is 0 Å². The summed E-state index contributed by atoms with van der Waals surface area (Å²) in [5.41, 5.74) is 0. The Labute approximate surface area is 100 Å². The Balaban J connectivity index is 2.86. The van der Waals surface area contributed by atoms with Crippen molar-refractivity contribution < 1.29 is 45.0 Å². The normalized spacial score (nSPS) is 11.5. The zero-order chi connectivity index (χ0) is 14.8. The van der Waals surface area contributed by atoms with E-state index in [-0.39, 0.29) is 6.07 Å². The molecule has 3 nitrogen and oxygen atoms in total. The predicted octanol–water partition coefficient (Wildman–Crippen LogP) is 2.68. The van der Waals surface area contributed by atoms with E-state index >= 15 is 0 Å². The van der Waals surface area contributed by atoms with Crippen LogP contribution >= 0.6 is 0 Å². The molecule has 0 saturated heterocycles. The summed E-state index contributed by atoms with van der Waals surface area (Å²) in [7, 11) is 0. The second-order valence-electron chi connectivity index (χ2n) is 3.01. The van der Waals surface area contributed by atoms with Crippen molar-refractivity contribution in [1.29, 1.82) is 0 Å². The molecule has 0 saturated carbocycles. The molecule has 19 heavy (non-hydrogen) atoms. The summed E-state index contributed by atoms with van der Waals surface area (Å²) < 4.78 is 92.6. The van der Waals surface area contributed by atoms with Crippen molar-refractivity contribution in [1.82, 2.24) is 0 Å². The van der Waals surface area contributed by atoms with Crippen LogP contribution in [0, 0.1) is 23.3 Å². The molecule has 0 amide bonds. The molecule has 1 aromatic carbocycles. The van der Waals surface area contributed by atoms with Crippen molar-refractivity contribution in [2.45, 2.75) is 6.36 Å². The molecule has 0 bridgehead atoms. The summed E-state index contributed by atoms with van der Waals surface area (Å²) in [6.45, 7) is -1.74. The van der Waals surface area contributed by atoms with Gasteiger partial charge in [-0.15, -0.1) is 13.2 Å². The molecular weight excluding hydrogens is 289 g/mol. The number of alkyl halides is 3. The first-order chi connectivity index (χ1) is 8.61. The Morgan fingerprint density at radius 2 is 1.53 bits per heavy atom. The van der Waals surface area contributed by atoms with Crippen LogP contribution in [0.4, 0.5) is 30.7 Å². The van der Waals surface area contributed by atoms with E-state index in [4.69, 9.17) is 0 Å². The lowest BCUT2D eigenvalue weighted by Gasteiger charge is -2.09. The number of carbonyl (C=O) groups is 1. The van der Waals surface area contributed by atoms with Crippen LogP contribution in [0.5, 0.6) is 5.75 Å². The molecule has 0 heterocycles. The third-order valence-corrected chi connectivity index (χ3v) is 1.64. The fourth-order valence-electron chi connectivity index (χ4n) is 0.925.